The summed E-state index contributed by atoms with van der Waals surface area (Å²) in [6.45, 7) is 3.39. The second kappa shape index (κ2) is 4.61. The Balaban J connectivity index is 1.84. The molecule has 118 valence electrons. The number of hydrogen-bond acceptors (Lipinski definition) is 5. The molecule has 0 spiro atoms. The van der Waals surface area contributed by atoms with E-state index in [1.165, 1.54) is 4.52 Å². The van der Waals surface area contributed by atoms with Crippen LogP contribution in [0.5, 0.6) is 0 Å². The molecule has 2 amide bonds. The number of nitrogens with zero attached hydrogens (tertiary/aromatic N) is 4. The average molecular weight is 313 g/mol. The normalized spacial score (nSPS) is 23.8. The maximum Gasteiger partial charge on any atom is 0.277 e. The van der Waals surface area contributed by atoms with Crippen molar-refractivity contribution in [2.24, 2.45) is 11.8 Å². The lowest BCUT2D eigenvalue weighted by Gasteiger charge is -2.14. The number of amides is 2. The molecule has 2 aromatic rings. The second-order valence-electron chi connectivity index (χ2n) is 5.98. The molecule has 23 heavy (non-hydrogen) atoms. The zero-order valence-corrected chi connectivity index (χ0v) is 12.7. The van der Waals surface area contributed by atoms with Crippen LogP contribution in [-0.4, -0.2) is 31.4 Å². The van der Waals surface area contributed by atoms with Gasteiger partial charge in [0, 0.05) is 11.3 Å². The van der Waals surface area contributed by atoms with Gasteiger partial charge in [-0.1, -0.05) is 12.2 Å². The fourth-order valence-corrected chi connectivity index (χ4v) is 3.20. The van der Waals surface area contributed by atoms with Crippen molar-refractivity contribution in [3.05, 3.63) is 33.8 Å². The number of rotatable bonds is 1. The van der Waals surface area contributed by atoms with Gasteiger partial charge in [-0.2, -0.15) is 9.50 Å². The minimum Gasteiger partial charge on any atom is -0.274 e. The predicted molar refractivity (Wildman–Crippen MR) is 80.9 cm³/mol. The zero-order valence-electron chi connectivity index (χ0n) is 12.7. The number of imide groups is 1. The van der Waals surface area contributed by atoms with E-state index < -0.39 is 0 Å². The Morgan fingerprint density at radius 1 is 1.04 bits per heavy atom. The fourth-order valence-electron chi connectivity index (χ4n) is 3.20. The first kappa shape index (κ1) is 13.9. The van der Waals surface area contributed by atoms with Crippen LogP contribution in [0.3, 0.4) is 0 Å². The number of aromatic nitrogens is 4. The Kier molecular flexibility index (Phi) is 2.78. The summed E-state index contributed by atoms with van der Waals surface area (Å²) in [6.07, 6.45) is 4.96. The van der Waals surface area contributed by atoms with Crippen molar-refractivity contribution < 1.29 is 9.59 Å². The molecule has 2 aromatic heterocycles. The zero-order chi connectivity index (χ0) is 16.3. The summed E-state index contributed by atoms with van der Waals surface area (Å²) >= 11 is 0. The van der Waals surface area contributed by atoms with E-state index in [-0.39, 0.29) is 40.9 Å². The lowest BCUT2D eigenvalue weighted by Crippen LogP contribution is -2.32. The molecular formula is C15H15N5O3. The standard InChI is InChI=1S/C15H15N5O3/c1-7-8(2)16-14-17-15(18-20(14)11(7)21)19-12(22)9-5-3-4-6-10(9)13(19)23/h3-4,9-10H,5-6H2,1-2H3,(H,16,17,18)/t9-,10-/m0/s1. The van der Waals surface area contributed by atoms with E-state index in [0.29, 0.717) is 24.1 Å². The molecule has 1 saturated heterocycles. The summed E-state index contributed by atoms with van der Waals surface area (Å²) in [4.78, 5) is 46.8. The molecule has 0 aromatic carbocycles. The Hall–Kier alpha value is -2.77. The van der Waals surface area contributed by atoms with Gasteiger partial charge >= 0.3 is 0 Å². The molecule has 1 fully saturated rings. The first-order valence-corrected chi connectivity index (χ1v) is 7.48. The van der Waals surface area contributed by atoms with Crippen molar-refractivity contribution in [1.82, 2.24) is 19.6 Å². The van der Waals surface area contributed by atoms with Gasteiger partial charge in [-0.15, -0.1) is 0 Å². The number of H-pyrrole nitrogens is 1. The first-order chi connectivity index (χ1) is 11.0. The van der Waals surface area contributed by atoms with Crippen LogP contribution in [0.4, 0.5) is 5.95 Å². The molecule has 0 bridgehead atoms. The van der Waals surface area contributed by atoms with Gasteiger partial charge < -0.3 is 0 Å². The Bertz CT molecular complexity index is 912. The molecule has 8 heteroatoms. The van der Waals surface area contributed by atoms with Crippen LogP contribution < -0.4 is 10.5 Å². The van der Waals surface area contributed by atoms with Crippen molar-refractivity contribution >= 4 is 23.5 Å². The maximum atomic E-state index is 12.5. The first-order valence-electron chi connectivity index (χ1n) is 7.48. The highest BCUT2D eigenvalue weighted by Crippen LogP contribution is 2.36. The minimum atomic E-state index is -0.339. The van der Waals surface area contributed by atoms with Crippen LogP contribution in [0.15, 0.2) is 16.9 Å². The van der Waals surface area contributed by atoms with Gasteiger partial charge in [0.05, 0.1) is 11.8 Å². The number of carbonyl (C=O) groups excluding carboxylic acids is 2. The van der Waals surface area contributed by atoms with E-state index >= 15 is 0 Å². The Labute approximate surface area is 130 Å². The van der Waals surface area contributed by atoms with Crippen molar-refractivity contribution in [3.63, 3.8) is 0 Å². The van der Waals surface area contributed by atoms with Crippen LogP contribution in [0, 0.1) is 25.7 Å². The summed E-state index contributed by atoms with van der Waals surface area (Å²) in [5, 5.41) is 2.74. The predicted octanol–water partition coefficient (Wildman–Crippen LogP) is 0.490. The minimum absolute atomic E-state index is 0.0593. The summed E-state index contributed by atoms with van der Waals surface area (Å²) < 4.78 is 1.17. The third kappa shape index (κ3) is 1.81. The Morgan fingerprint density at radius 3 is 2.26 bits per heavy atom. The van der Waals surface area contributed by atoms with E-state index in [1.54, 1.807) is 13.8 Å². The molecule has 2 atom stereocenters. The quantitative estimate of drug-likeness (QED) is 0.610. The third-order valence-corrected chi connectivity index (χ3v) is 4.67. The number of nitrogens with one attached hydrogen (secondary N) is 1. The van der Waals surface area contributed by atoms with E-state index in [4.69, 9.17) is 0 Å². The highest BCUT2D eigenvalue weighted by molar-refractivity contribution is 6.21. The molecular weight excluding hydrogens is 298 g/mol. The van der Waals surface area contributed by atoms with Gasteiger partial charge in [0.15, 0.2) is 0 Å². The van der Waals surface area contributed by atoms with Crippen molar-refractivity contribution in [2.75, 3.05) is 4.90 Å². The molecule has 1 aliphatic heterocycles. The summed E-state index contributed by atoms with van der Waals surface area (Å²) in [7, 11) is 0. The maximum absolute atomic E-state index is 12.5. The third-order valence-electron chi connectivity index (χ3n) is 4.67. The average Bonchev–Trinajstić information content (AvgIpc) is 3.06. The molecule has 0 saturated carbocycles. The van der Waals surface area contributed by atoms with Crippen molar-refractivity contribution in [1.29, 1.82) is 0 Å². The monoisotopic (exact) mass is 313 g/mol. The number of hydrogen-bond donors (Lipinski definition) is 1. The van der Waals surface area contributed by atoms with E-state index in [9.17, 15) is 14.4 Å². The van der Waals surface area contributed by atoms with Crippen LogP contribution in [-0.2, 0) is 9.59 Å². The molecule has 2 aliphatic rings. The number of anilines is 1. The second-order valence-corrected chi connectivity index (χ2v) is 5.98. The van der Waals surface area contributed by atoms with Gasteiger partial charge in [-0.05, 0) is 26.7 Å². The highest BCUT2D eigenvalue weighted by atomic mass is 16.2. The van der Waals surface area contributed by atoms with Crippen LogP contribution in [0.2, 0.25) is 0 Å². The number of allylic oxidation sites excluding steroid dienone is 2. The number of aromatic amines is 1. The molecule has 8 nitrogen and oxygen atoms in total. The van der Waals surface area contributed by atoms with Gasteiger partial charge in [0.25, 0.3) is 11.3 Å². The smallest absolute Gasteiger partial charge is 0.274 e. The summed E-state index contributed by atoms with van der Waals surface area (Å²) in [5.41, 5.74) is 0.782. The van der Waals surface area contributed by atoms with Crippen molar-refractivity contribution in [2.45, 2.75) is 26.7 Å². The Morgan fingerprint density at radius 2 is 1.65 bits per heavy atom. The van der Waals surface area contributed by atoms with Gasteiger partial charge in [-0.25, -0.2) is 9.88 Å². The number of carbonyl (C=O) groups is 2. The summed E-state index contributed by atoms with van der Waals surface area (Å²) in [5.74, 6) is -1.01. The van der Waals surface area contributed by atoms with E-state index in [0.717, 1.165) is 4.90 Å². The molecule has 0 radical (unpaired) electrons. The van der Waals surface area contributed by atoms with Gasteiger partial charge in [0.1, 0.15) is 0 Å². The fraction of sp³-hybridized carbons (Fsp3) is 0.400. The van der Waals surface area contributed by atoms with Crippen LogP contribution in [0.25, 0.3) is 5.78 Å². The van der Waals surface area contributed by atoms with E-state index in [1.807, 2.05) is 12.2 Å². The van der Waals surface area contributed by atoms with Crippen LogP contribution in [0.1, 0.15) is 24.1 Å². The topological polar surface area (TPSA) is 100 Å². The van der Waals surface area contributed by atoms with Crippen molar-refractivity contribution in [3.8, 4) is 0 Å². The number of aryl methyl sites for hydroxylation is 1. The van der Waals surface area contributed by atoms with E-state index in [2.05, 4.69) is 15.1 Å². The molecule has 3 heterocycles. The SMILES string of the molecule is Cc1nc2nc(N3C(=O)[C@H]4CC=CC[C@@H]4C3=O)[nH]n2c(=O)c1C. The lowest BCUT2D eigenvalue weighted by molar-refractivity contribution is -0.122. The highest BCUT2D eigenvalue weighted by Gasteiger charge is 2.49. The molecule has 1 N–H and O–H groups in total. The summed E-state index contributed by atoms with van der Waals surface area (Å²) in [6, 6.07) is 0. The van der Waals surface area contributed by atoms with Crippen LogP contribution >= 0.6 is 0 Å². The van der Waals surface area contributed by atoms with Gasteiger partial charge in [0.2, 0.25) is 17.8 Å². The lowest BCUT2D eigenvalue weighted by atomic mass is 9.85. The molecule has 1 aliphatic carbocycles. The molecule has 0 unspecified atom stereocenters. The number of fused-ring (bicyclic) bond motifs is 2. The largest absolute Gasteiger partial charge is 0.277 e. The van der Waals surface area contributed by atoms with Gasteiger partial charge in [-0.3, -0.25) is 19.5 Å². The molecule has 4 rings (SSSR count).